The maximum atomic E-state index is 12.2. The summed E-state index contributed by atoms with van der Waals surface area (Å²) in [4.78, 5) is 22.7. The number of carbonyl (C=O) groups excluding carboxylic acids is 1. The molecule has 2 aromatic rings. The van der Waals surface area contributed by atoms with Gasteiger partial charge in [0.1, 0.15) is 0 Å². The first-order valence-corrected chi connectivity index (χ1v) is 7.35. The molecule has 0 fully saturated rings. The van der Waals surface area contributed by atoms with Crippen molar-refractivity contribution in [2.75, 3.05) is 11.9 Å². The van der Waals surface area contributed by atoms with E-state index >= 15 is 0 Å². The lowest BCUT2D eigenvalue weighted by atomic mass is 10.1. The summed E-state index contributed by atoms with van der Waals surface area (Å²) in [5.74, 6) is -0.408. The molecule has 0 unspecified atom stereocenters. The SMILES string of the molecule is CCOc1ccc(C(=O)Nc2cc(Cl)cc(Cl)c2)cc1[N+](=O)[O-]. The number of nitrogens with zero attached hydrogens (tertiary/aromatic N) is 1. The third-order valence-corrected chi connectivity index (χ3v) is 3.27. The van der Waals surface area contributed by atoms with E-state index in [4.69, 9.17) is 27.9 Å². The molecule has 0 aromatic heterocycles. The van der Waals surface area contributed by atoms with Gasteiger partial charge in [-0.1, -0.05) is 23.2 Å². The van der Waals surface area contributed by atoms with Gasteiger partial charge in [-0.15, -0.1) is 0 Å². The van der Waals surface area contributed by atoms with Crippen LogP contribution in [-0.2, 0) is 0 Å². The third kappa shape index (κ3) is 4.34. The minimum atomic E-state index is -0.599. The van der Waals surface area contributed by atoms with Gasteiger partial charge in [-0.3, -0.25) is 14.9 Å². The molecule has 2 aromatic carbocycles. The number of nitro groups is 1. The molecular weight excluding hydrogens is 343 g/mol. The minimum Gasteiger partial charge on any atom is -0.487 e. The lowest BCUT2D eigenvalue weighted by molar-refractivity contribution is -0.385. The quantitative estimate of drug-likeness (QED) is 0.630. The van der Waals surface area contributed by atoms with Crippen LogP contribution in [0.15, 0.2) is 36.4 Å². The Kier molecular flexibility index (Phi) is 5.41. The highest BCUT2D eigenvalue weighted by atomic mass is 35.5. The van der Waals surface area contributed by atoms with Crippen molar-refractivity contribution in [1.29, 1.82) is 0 Å². The Morgan fingerprint density at radius 3 is 2.43 bits per heavy atom. The molecule has 0 bridgehead atoms. The number of hydrogen-bond donors (Lipinski definition) is 1. The van der Waals surface area contributed by atoms with E-state index in [2.05, 4.69) is 5.32 Å². The van der Waals surface area contributed by atoms with E-state index in [0.29, 0.717) is 15.7 Å². The molecule has 0 aliphatic rings. The summed E-state index contributed by atoms with van der Waals surface area (Å²) in [6.45, 7) is 2.00. The largest absolute Gasteiger partial charge is 0.487 e. The molecule has 23 heavy (non-hydrogen) atoms. The Hall–Kier alpha value is -2.31. The van der Waals surface area contributed by atoms with Crippen LogP contribution in [0.2, 0.25) is 10.0 Å². The lowest BCUT2D eigenvalue weighted by Gasteiger charge is -2.08. The normalized spacial score (nSPS) is 10.2. The molecule has 2 rings (SSSR count). The molecule has 0 spiro atoms. The zero-order valence-corrected chi connectivity index (χ0v) is 13.5. The van der Waals surface area contributed by atoms with Crippen molar-refractivity contribution in [1.82, 2.24) is 0 Å². The van der Waals surface area contributed by atoms with E-state index in [1.807, 2.05) is 0 Å². The molecule has 0 aliphatic heterocycles. The second-order valence-electron chi connectivity index (χ2n) is 4.48. The average Bonchev–Trinajstić information content (AvgIpc) is 2.46. The zero-order chi connectivity index (χ0) is 17.0. The van der Waals surface area contributed by atoms with Crippen LogP contribution in [0.25, 0.3) is 0 Å². The second-order valence-corrected chi connectivity index (χ2v) is 5.36. The highest BCUT2D eigenvalue weighted by Crippen LogP contribution is 2.29. The van der Waals surface area contributed by atoms with Crippen LogP contribution in [0.5, 0.6) is 5.75 Å². The Labute approximate surface area is 142 Å². The van der Waals surface area contributed by atoms with E-state index in [-0.39, 0.29) is 23.6 Å². The minimum absolute atomic E-state index is 0.111. The maximum absolute atomic E-state index is 12.2. The zero-order valence-electron chi connectivity index (χ0n) is 12.0. The molecule has 0 saturated heterocycles. The monoisotopic (exact) mass is 354 g/mol. The summed E-state index contributed by atoms with van der Waals surface area (Å²) in [6.07, 6.45) is 0. The van der Waals surface area contributed by atoms with Crippen LogP contribution in [0.1, 0.15) is 17.3 Å². The van der Waals surface area contributed by atoms with Gasteiger partial charge < -0.3 is 10.1 Å². The predicted molar refractivity (Wildman–Crippen MR) is 88.7 cm³/mol. The van der Waals surface area contributed by atoms with Crippen LogP contribution in [-0.4, -0.2) is 17.4 Å². The topological polar surface area (TPSA) is 81.5 Å². The first-order valence-electron chi connectivity index (χ1n) is 6.59. The fraction of sp³-hybridized carbons (Fsp3) is 0.133. The molecule has 0 heterocycles. The first kappa shape index (κ1) is 17.1. The van der Waals surface area contributed by atoms with Crippen molar-refractivity contribution < 1.29 is 14.5 Å². The van der Waals surface area contributed by atoms with Gasteiger partial charge >= 0.3 is 5.69 Å². The summed E-state index contributed by atoms with van der Waals surface area (Å²) in [5, 5.41) is 14.4. The number of nitro benzene ring substituents is 1. The van der Waals surface area contributed by atoms with Crippen LogP contribution < -0.4 is 10.1 Å². The molecule has 1 amide bonds. The van der Waals surface area contributed by atoms with Crippen LogP contribution in [0, 0.1) is 10.1 Å². The van der Waals surface area contributed by atoms with Gasteiger partial charge in [0.25, 0.3) is 5.91 Å². The van der Waals surface area contributed by atoms with E-state index in [9.17, 15) is 14.9 Å². The van der Waals surface area contributed by atoms with E-state index in [1.165, 1.54) is 30.3 Å². The van der Waals surface area contributed by atoms with Crippen LogP contribution in [0.4, 0.5) is 11.4 Å². The summed E-state index contributed by atoms with van der Waals surface area (Å²) < 4.78 is 5.17. The maximum Gasteiger partial charge on any atom is 0.311 e. The van der Waals surface area contributed by atoms with E-state index in [0.717, 1.165) is 6.07 Å². The summed E-state index contributed by atoms with van der Waals surface area (Å²) in [6, 6.07) is 8.57. The highest BCUT2D eigenvalue weighted by molar-refractivity contribution is 6.35. The number of anilines is 1. The number of nitrogens with one attached hydrogen (secondary N) is 1. The van der Waals surface area contributed by atoms with E-state index in [1.54, 1.807) is 6.92 Å². The van der Waals surface area contributed by atoms with Gasteiger partial charge in [-0.2, -0.15) is 0 Å². The number of hydrogen-bond acceptors (Lipinski definition) is 4. The Bertz CT molecular complexity index is 745. The second kappa shape index (κ2) is 7.30. The van der Waals surface area contributed by atoms with Crippen molar-refractivity contribution >= 4 is 40.5 Å². The highest BCUT2D eigenvalue weighted by Gasteiger charge is 2.18. The number of carbonyl (C=O) groups is 1. The van der Waals surface area contributed by atoms with Gasteiger partial charge in [-0.05, 0) is 37.3 Å². The Morgan fingerprint density at radius 1 is 1.22 bits per heavy atom. The Morgan fingerprint density at radius 2 is 1.87 bits per heavy atom. The molecule has 8 heteroatoms. The fourth-order valence-electron chi connectivity index (χ4n) is 1.91. The molecular formula is C15H12Cl2N2O4. The molecule has 120 valence electrons. The number of amides is 1. The van der Waals surface area contributed by atoms with Crippen LogP contribution in [0.3, 0.4) is 0 Å². The number of rotatable bonds is 5. The van der Waals surface area contributed by atoms with E-state index < -0.39 is 10.8 Å². The molecule has 6 nitrogen and oxygen atoms in total. The molecule has 0 atom stereocenters. The summed E-state index contributed by atoms with van der Waals surface area (Å²) in [5.41, 5.74) is 0.240. The molecule has 0 radical (unpaired) electrons. The molecule has 0 saturated carbocycles. The van der Waals surface area contributed by atoms with Crippen LogP contribution >= 0.6 is 23.2 Å². The van der Waals surface area contributed by atoms with Gasteiger partial charge in [0.05, 0.1) is 11.5 Å². The smallest absolute Gasteiger partial charge is 0.311 e. The van der Waals surface area contributed by atoms with Crippen molar-refractivity contribution in [3.05, 3.63) is 62.1 Å². The van der Waals surface area contributed by atoms with Gasteiger partial charge in [0, 0.05) is 27.4 Å². The van der Waals surface area contributed by atoms with Gasteiger partial charge in [0.15, 0.2) is 5.75 Å². The standard InChI is InChI=1S/C15H12Cl2N2O4/c1-2-23-14-4-3-9(5-13(14)19(21)22)15(20)18-12-7-10(16)6-11(17)8-12/h3-8H,2H2,1H3,(H,18,20). The summed E-state index contributed by atoms with van der Waals surface area (Å²) in [7, 11) is 0. The van der Waals surface area contributed by atoms with Gasteiger partial charge in [-0.25, -0.2) is 0 Å². The average molecular weight is 355 g/mol. The predicted octanol–water partition coefficient (Wildman–Crippen LogP) is 4.55. The molecule has 0 aliphatic carbocycles. The first-order chi connectivity index (χ1) is 10.9. The van der Waals surface area contributed by atoms with Gasteiger partial charge in [0.2, 0.25) is 0 Å². The van der Waals surface area contributed by atoms with Crippen molar-refractivity contribution in [2.45, 2.75) is 6.92 Å². The number of ether oxygens (including phenoxy) is 1. The fourth-order valence-corrected chi connectivity index (χ4v) is 2.43. The third-order valence-electron chi connectivity index (χ3n) is 2.84. The Balaban J connectivity index is 2.28. The molecule has 1 N–H and O–H groups in total. The number of benzene rings is 2. The lowest BCUT2D eigenvalue weighted by Crippen LogP contribution is -2.12. The van der Waals surface area contributed by atoms with Crippen molar-refractivity contribution in [3.8, 4) is 5.75 Å². The van der Waals surface area contributed by atoms with Crippen molar-refractivity contribution in [2.24, 2.45) is 0 Å². The number of halogens is 2. The van der Waals surface area contributed by atoms with Crippen molar-refractivity contribution in [3.63, 3.8) is 0 Å². The summed E-state index contributed by atoms with van der Waals surface area (Å²) >= 11 is 11.7.